The fourth-order valence-corrected chi connectivity index (χ4v) is 2.19. The Labute approximate surface area is 118 Å². The standard InChI is InChI=1S/C13H13F3N4O/c1-2-17-12(21)8-6-18-20-10(13(14,15)16)5-9(7-3-4-7)19-11(8)20/h5-7H,2-4H2,1H3,(H,17,21). The van der Waals surface area contributed by atoms with Crippen LogP contribution in [-0.2, 0) is 6.18 Å². The molecule has 1 amide bonds. The Kier molecular flexibility index (Phi) is 3.11. The van der Waals surface area contributed by atoms with Gasteiger partial charge in [0.1, 0.15) is 11.3 Å². The zero-order chi connectivity index (χ0) is 15.2. The highest BCUT2D eigenvalue weighted by molar-refractivity contribution is 5.99. The van der Waals surface area contributed by atoms with Gasteiger partial charge >= 0.3 is 6.18 Å². The molecule has 2 heterocycles. The zero-order valence-electron chi connectivity index (χ0n) is 11.2. The number of hydrogen-bond acceptors (Lipinski definition) is 3. The summed E-state index contributed by atoms with van der Waals surface area (Å²) in [6.45, 7) is 2.11. The Hall–Kier alpha value is -2.12. The lowest BCUT2D eigenvalue weighted by atomic mass is 10.2. The number of halogens is 3. The SMILES string of the molecule is CCNC(=O)c1cnn2c(C(F)(F)F)cc(C3CC3)nc12. The molecule has 8 heteroatoms. The third-order valence-electron chi connectivity index (χ3n) is 3.36. The van der Waals surface area contributed by atoms with E-state index < -0.39 is 17.8 Å². The van der Waals surface area contributed by atoms with Crippen molar-refractivity contribution in [3.63, 3.8) is 0 Å². The number of alkyl halides is 3. The van der Waals surface area contributed by atoms with E-state index in [4.69, 9.17) is 0 Å². The van der Waals surface area contributed by atoms with Gasteiger partial charge in [0, 0.05) is 18.2 Å². The molecule has 1 aliphatic rings. The smallest absolute Gasteiger partial charge is 0.352 e. The number of fused-ring (bicyclic) bond motifs is 1. The third-order valence-corrected chi connectivity index (χ3v) is 3.36. The van der Waals surface area contributed by atoms with Crippen molar-refractivity contribution in [2.24, 2.45) is 0 Å². The highest BCUT2D eigenvalue weighted by atomic mass is 19.4. The van der Waals surface area contributed by atoms with Gasteiger partial charge in [0.15, 0.2) is 5.65 Å². The average Bonchev–Trinajstić information content (AvgIpc) is 3.16. The van der Waals surface area contributed by atoms with Crippen molar-refractivity contribution in [1.29, 1.82) is 0 Å². The van der Waals surface area contributed by atoms with Crippen molar-refractivity contribution in [1.82, 2.24) is 19.9 Å². The summed E-state index contributed by atoms with van der Waals surface area (Å²) in [6.07, 6.45) is -1.77. The van der Waals surface area contributed by atoms with Gasteiger partial charge in [0.2, 0.25) is 0 Å². The van der Waals surface area contributed by atoms with Crippen LogP contribution < -0.4 is 5.32 Å². The second-order valence-electron chi connectivity index (χ2n) is 4.99. The Bertz CT molecular complexity index is 703. The lowest BCUT2D eigenvalue weighted by Gasteiger charge is -2.11. The maximum absolute atomic E-state index is 13.2. The Morgan fingerprint density at radius 2 is 2.19 bits per heavy atom. The van der Waals surface area contributed by atoms with Crippen molar-refractivity contribution in [2.75, 3.05) is 6.54 Å². The highest BCUT2D eigenvalue weighted by Gasteiger charge is 2.37. The predicted octanol–water partition coefficient (Wildman–Crippen LogP) is 2.38. The first-order chi connectivity index (χ1) is 9.91. The van der Waals surface area contributed by atoms with Crippen molar-refractivity contribution < 1.29 is 18.0 Å². The molecule has 5 nitrogen and oxygen atoms in total. The Balaban J connectivity index is 2.20. The molecule has 0 radical (unpaired) electrons. The van der Waals surface area contributed by atoms with Crippen LogP contribution in [0.15, 0.2) is 12.3 Å². The maximum atomic E-state index is 13.2. The van der Waals surface area contributed by atoms with Gasteiger partial charge in [-0.15, -0.1) is 0 Å². The van der Waals surface area contributed by atoms with E-state index in [-0.39, 0.29) is 17.1 Å². The molecule has 0 unspecified atom stereocenters. The van der Waals surface area contributed by atoms with Crippen molar-refractivity contribution in [3.8, 4) is 0 Å². The van der Waals surface area contributed by atoms with Gasteiger partial charge in [-0.3, -0.25) is 4.79 Å². The largest absolute Gasteiger partial charge is 0.433 e. The van der Waals surface area contributed by atoms with Gasteiger partial charge in [-0.2, -0.15) is 18.3 Å². The number of rotatable bonds is 3. The second kappa shape index (κ2) is 4.71. The van der Waals surface area contributed by atoms with Crippen LogP contribution in [-0.4, -0.2) is 27.0 Å². The van der Waals surface area contributed by atoms with Gasteiger partial charge in [-0.1, -0.05) is 0 Å². The molecule has 0 spiro atoms. The minimum Gasteiger partial charge on any atom is -0.352 e. The van der Waals surface area contributed by atoms with Gasteiger partial charge in [0.25, 0.3) is 5.91 Å². The topological polar surface area (TPSA) is 59.3 Å². The predicted molar refractivity (Wildman–Crippen MR) is 68.0 cm³/mol. The van der Waals surface area contributed by atoms with E-state index in [0.29, 0.717) is 16.8 Å². The van der Waals surface area contributed by atoms with Crippen LogP contribution in [0, 0.1) is 0 Å². The quantitative estimate of drug-likeness (QED) is 0.946. The summed E-state index contributed by atoms with van der Waals surface area (Å²) in [6, 6.07) is 1.03. The summed E-state index contributed by atoms with van der Waals surface area (Å²) >= 11 is 0. The van der Waals surface area contributed by atoms with Gasteiger partial charge in [-0.05, 0) is 25.8 Å². The van der Waals surface area contributed by atoms with Crippen LogP contribution in [0.5, 0.6) is 0 Å². The van der Waals surface area contributed by atoms with Gasteiger partial charge in [0.05, 0.1) is 6.20 Å². The number of carbonyl (C=O) groups is 1. The Morgan fingerprint density at radius 3 is 2.76 bits per heavy atom. The van der Waals surface area contributed by atoms with E-state index >= 15 is 0 Å². The molecule has 2 aromatic heterocycles. The first-order valence-corrected chi connectivity index (χ1v) is 6.66. The number of carbonyl (C=O) groups excluding carboxylic acids is 1. The molecule has 1 saturated carbocycles. The molecule has 0 atom stereocenters. The summed E-state index contributed by atoms with van der Waals surface area (Å²) in [5.74, 6) is -0.422. The van der Waals surface area contributed by atoms with E-state index in [1.807, 2.05) is 0 Å². The van der Waals surface area contributed by atoms with Crippen molar-refractivity contribution >= 4 is 11.6 Å². The molecule has 0 saturated heterocycles. The molecular weight excluding hydrogens is 285 g/mol. The first-order valence-electron chi connectivity index (χ1n) is 6.66. The number of nitrogens with one attached hydrogen (secondary N) is 1. The monoisotopic (exact) mass is 298 g/mol. The Morgan fingerprint density at radius 1 is 1.48 bits per heavy atom. The maximum Gasteiger partial charge on any atom is 0.433 e. The molecule has 112 valence electrons. The lowest BCUT2D eigenvalue weighted by Crippen LogP contribution is -2.23. The first kappa shape index (κ1) is 13.8. The minimum absolute atomic E-state index is 0.0438. The van der Waals surface area contributed by atoms with Crippen LogP contribution in [0.25, 0.3) is 5.65 Å². The molecule has 3 rings (SSSR count). The highest BCUT2D eigenvalue weighted by Crippen LogP contribution is 2.41. The van der Waals surface area contributed by atoms with E-state index in [9.17, 15) is 18.0 Å². The fourth-order valence-electron chi connectivity index (χ4n) is 2.19. The van der Waals surface area contributed by atoms with E-state index in [0.717, 1.165) is 25.1 Å². The molecule has 21 heavy (non-hydrogen) atoms. The summed E-state index contributed by atoms with van der Waals surface area (Å²) in [5, 5.41) is 6.23. The molecule has 1 N–H and O–H groups in total. The number of hydrogen-bond donors (Lipinski definition) is 1. The average molecular weight is 298 g/mol. The van der Waals surface area contributed by atoms with Crippen molar-refractivity contribution in [3.05, 3.63) is 29.2 Å². The summed E-state index contributed by atoms with van der Waals surface area (Å²) in [5.41, 5.74) is -0.506. The number of nitrogens with zero attached hydrogens (tertiary/aromatic N) is 3. The molecule has 0 aliphatic heterocycles. The van der Waals surface area contributed by atoms with Crippen molar-refractivity contribution in [2.45, 2.75) is 31.9 Å². The zero-order valence-corrected chi connectivity index (χ0v) is 11.2. The molecule has 2 aromatic rings. The lowest BCUT2D eigenvalue weighted by molar-refractivity contribution is -0.142. The van der Waals surface area contributed by atoms with E-state index in [2.05, 4.69) is 15.4 Å². The normalized spacial score (nSPS) is 15.4. The molecule has 1 fully saturated rings. The van der Waals surface area contributed by atoms with Crippen LogP contribution in [0.3, 0.4) is 0 Å². The molecule has 0 bridgehead atoms. The van der Waals surface area contributed by atoms with Crippen LogP contribution in [0.2, 0.25) is 0 Å². The minimum atomic E-state index is -4.55. The second-order valence-corrected chi connectivity index (χ2v) is 4.99. The fraction of sp³-hybridized carbons (Fsp3) is 0.462. The van der Waals surface area contributed by atoms with Gasteiger partial charge < -0.3 is 5.32 Å². The summed E-state index contributed by atoms with van der Waals surface area (Å²) < 4.78 is 40.1. The summed E-state index contributed by atoms with van der Waals surface area (Å²) in [4.78, 5) is 16.1. The van der Waals surface area contributed by atoms with E-state index in [1.165, 1.54) is 0 Å². The van der Waals surface area contributed by atoms with Crippen LogP contribution in [0.1, 0.15) is 47.4 Å². The molecular formula is C13H13F3N4O. The molecule has 1 aliphatic carbocycles. The van der Waals surface area contributed by atoms with Crippen LogP contribution in [0.4, 0.5) is 13.2 Å². The van der Waals surface area contributed by atoms with Gasteiger partial charge in [-0.25, -0.2) is 9.50 Å². The number of amides is 1. The molecule has 0 aromatic carbocycles. The third kappa shape index (κ3) is 2.45. The summed E-state index contributed by atoms with van der Waals surface area (Å²) in [7, 11) is 0. The number of aromatic nitrogens is 3. The van der Waals surface area contributed by atoms with Crippen LogP contribution >= 0.6 is 0 Å². The van der Waals surface area contributed by atoms with E-state index in [1.54, 1.807) is 6.92 Å².